The largest absolute Gasteiger partial charge is 0.356 e. The van der Waals surface area contributed by atoms with Gasteiger partial charge >= 0.3 is 0 Å². The van der Waals surface area contributed by atoms with E-state index in [1.54, 1.807) is 0 Å². The highest BCUT2D eigenvalue weighted by molar-refractivity contribution is 14.0. The predicted octanol–water partition coefficient (Wildman–Crippen LogP) is 4.16. The lowest BCUT2D eigenvalue weighted by atomic mass is 10.0. The average molecular weight is 495 g/mol. The van der Waals surface area contributed by atoms with E-state index in [-0.39, 0.29) is 24.0 Å². The lowest BCUT2D eigenvalue weighted by Gasteiger charge is -2.21. The average Bonchev–Trinajstić information content (AvgIpc) is 3.31. The third kappa shape index (κ3) is 5.96. The van der Waals surface area contributed by atoms with Crippen LogP contribution in [-0.2, 0) is 13.5 Å². The van der Waals surface area contributed by atoms with Crippen LogP contribution in [0.3, 0.4) is 0 Å². The van der Waals surface area contributed by atoms with E-state index in [1.165, 1.54) is 16.7 Å². The molecule has 1 aromatic heterocycles. The number of guanidine groups is 1. The molecule has 2 heterocycles. The smallest absolute Gasteiger partial charge is 0.193 e. The topological polar surface area (TPSA) is 45.5 Å². The number of aromatic nitrogens is 2. The van der Waals surface area contributed by atoms with Crippen LogP contribution < -0.4 is 5.32 Å². The van der Waals surface area contributed by atoms with E-state index in [4.69, 9.17) is 0 Å². The van der Waals surface area contributed by atoms with Crippen LogP contribution in [0, 0.1) is 0 Å². The Balaban J connectivity index is 0.00000280. The number of rotatable bonds is 6. The summed E-state index contributed by atoms with van der Waals surface area (Å²) in [6.07, 6.45) is 7.50. The highest BCUT2D eigenvalue weighted by Crippen LogP contribution is 2.26. The minimum Gasteiger partial charge on any atom is -0.356 e. The number of hydrogen-bond donors (Lipinski definition) is 1. The number of nitrogens with one attached hydrogen (secondary N) is 1. The summed E-state index contributed by atoms with van der Waals surface area (Å²) in [6.45, 7) is 7.49. The summed E-state index contributed by atoms with van der Waals surface area (Å²) in [7, 11) is 3.86. The first-order valence-electron chi connectivity index (χ1n) is 10.1. The number of aryl methyl sites for hydroxylation is 2. The zero-order chi connectivity index (χ0) is 19.2. The lowest BCUT2D eigenvalue weighted by Crippen LogP contribution is -2.40. The van der Waals surface area contributed by atoms with Crippen molar-refractivity contribution in [3.8, 4) is 0 Å². The van der Waals surface area contributed by atoms with Crippen LogP contribution in [0.2, 0.25) is 0 Å². The number of benzene rings is 1. The lowest BCUT2D eigenvalue weighted by molar-refractivity contribution is 0.485. The first-order valence-corrected chi connectivity index (χ1v) is 10.1. The maximum absolute atomic E-state index is 4.49. The molecule has 28 heavy (non-hydrogen) atoms. The summed E-state index contributed by atoms with van der Waals surface area (Å²) in [6, 6.07) is 9.05. The highest BCUT2D eigenvalue weighted by atomic mass is 127. The Labute approximate surface area is 186 Å². The van der Waals surface area contributed by atoms with Crippen molar-refractivity contribution in [2.45, 2.75) is 44.9 Å². The molecule has 0 amide bonds. The van der Waals surface area contributed by atoms with Gasteiger partial charge in [-0.3, -0.25) is 9.67 Å². The Kier molecular flexibility index (Phi) is 8.79. The van der Waals surface area contributed by atoms with E-state index in [1.807, 2.05) is 25.0 Å². The molecule has 6 heteroatoms. The summed E-state index contributed by atoms with van der Waals surface area (Å²) in [5.41, 5.74) is 4.16. The van der Waals surface area contributed by atoms with Crippen LogP contribution in [0.1, 0.15) is 55.2 Å². The van der Waals surface area contributed by atoms with Gasteiger partial charge in [-0.15, -0.1) is 24.0 Å². The Morgan fingerprint density at radius 1 is 1.29 bits per heavy atom. The third-order valence-electron chi connectivity index (χ3n) is 5.47. The maximum atomic E-state index is 4.49. The van der Waals surface area contributed by atoms with E-state index < -0.39 is 0 Å². The second-order valence-electron chi connectivity index (χ2n) is 7.85. The van der Waals surface area contributed by atoms with Crippen LogP contribution in [0.25, 0.3) is 0 Å². The van der Waals surface area contributed by atoms with Crippen LogP contribution in [0.4, 0.5) is 0 Å². The number of hydrogen-bond acceptors (Lipinski definition) is 2. The van der Waals surface area contributed by atoms with Crippen molar-refractivity contribution in [2.75, 3.05) is 26.7 Å². The predicted molar refractivity (Wildman–Crippen MR) is 128 cm³/mol. The van der Waals surface area contributed by atoms with E-state index in [9.17, 15) is 0 Å². The molecule has 1 fully saturated rings. The fourth-order valence-corrected chi connectivity index (χ4v) is 3.77. The maximum Gasteiger partial charge on any atom is 0.193 e. The molecule has 0 spiro atoms. The molecular formula is C22H34IN5. The molecular weight excluding hydrogens is 461 g/mol. The third-order valence-corrected chi connectivity index (χ3v) is 5.47. The quantitative estimate of drug-likeness (QED) is 0.284. The molecule has 0 saturated carbocycles. The van der Waals surface area contributed by atoms with Gasteiger partial charge < -0.3 is 10.2 Å². The summed E-state index contributed by atoms with van der Waals surface area (Å²) in [5.74, 6) is 2.17. The van der Waals surface area contributed by atoms with E-state index >= 15 is 0 Å². The molecule has 1 atom stereocenters. The molecule has 0 bridgehead atoms. The molecule has 1 saturated heterocycles. The molecule has 1 aromatic carbocycles. The normalized spacial score (nSPS) is 17.1. The Bertz CT molecular complexity index is 751. The van der Waals surface area contributed by atoms with Gasteiger partial charge in [0.25, 0.3) is 0 Å². The first-order chi connectivity index (χ1) is 13.1. The minimum absolute atomic E-state index is 0. The number of halogens is 1. The van der Waals surface area contributed by atoms with Crippen molar-refractivity contribution in [2.24, 2.45) is 12.0 Å². The van der Waals surface area contributed by atoms with Gasteiger partial charge in [0.1, 0.15) is 0 Å². The van der Waals surface area contributed by atoms with E-state index in [0.29, 0.717) is 11.8 Å². The molecule has 1 unspecified atom stereocenters. The summed E-state index contributed by atoms with van der Waals surface area (Å²) < 4.78 is 1.89. The SMILES string of the molecule is CN=C(NCCCc1ccc(C(C)C)cc1)N1CCC(c2cnn(C)c2)C1.I. The zero-order valence-electron chi connectivity index (χ0n) is 17.6. The summed E-state index contributed by atoms with van der Waals surface area (Å²) in [4.78, 5) is 6.86. The van der Waals surface area contributed by atoms with Crippen molar-refractivity contribution in [1.82, 2.24) is 20.0 Å². The number of aliphatic imine (C=N–C) groups is 1. The van der Waals surface area contributed by atoms with Crippen molar-refractivity contribution in [3.05, 3.63) is 53.3 Å². The van der Waals surface area contributed by atoms with Gasteiger partial charge in [0.2, 0.25) is 0 Å². The van der Waals surface area contributed by atoms with Crippen LogP contribution >= 0.6 is 24.0 Å². The molecule has 0 radical (unpaired) electrons. The van der Waals surface area contributed by atoms with Crippen LogP contribution in [-0.4, -0.2) is 47.3 Å². The van der Waals surface area contributed by atoms with Gasteiger partial charge in [-0.2, -0.15) is 5.10 Å². The monoisotopic (exact) mass is 495 g/mol. The van der Waals surface area contributed by atoms with Gasteiger partial charge in [-0.1, -0.05) is 38.1 Å². The van der Waals surface area contributed by atoms with Crippen molar-refractivity contribution >= 4 is 29.9 Å². The van der Waals surface area contributed by atoms with Gasteiger partial charge in [-0.05, 0) is 41.9 Å². The molecule has 1 aliphatic heterocycles. The Hall–Kier alpha value is -1.57. The molecule has 154 valence electrons. The Morgan fingerprint density at radius 2 is 2.04 bits per heavy atom. The summed E-state index contributed by atoms with van der Waals surface area (Å²) in [5, 5.41) is 7.85. The Morgan fingerprint density at radius 3 is 2.64 bits per heavy atom. The van der Waals surface area contributed by atoms with Crippen LogP contribution in [0.5, 0.6) is 0 Å². The first kappa shape index (κ1) is 22.7. The van der Waals surface area contributed by atoms with Gasteiger partial charge in [0.15, 0.2) is 5.96 Å². The number of nitrogens with zero attached hydrogens (tertiary/aromatic N) is 4. The summed E-state index contributed by atoms with van der Waals surface area (Å²) >= 11 is 0. The number of likely N-dealkylation sites (tertiary alicyclic amines) is 1. The molecule has 0 aliphatic carbocycles. The molecule has 3 rings (SSSR count). The van der Waals surface area contributed by atoms with Gasteiger partial charge in [-0.25, -0.2) is 0 Å². The fourth-order valence-electron chi connectivity index (χ4n) is 3.77. The zero-order valence-corrected chi connectivity index (χ0v) is 19.9. The van der Waals surface area contributed by atoms with Crippen LogP contribution in [0.15, 0.2) is 41.7 Å². The molecule has 1 aliphatic rings. The molecule has 2 aromatic rings. The fraction of sp³-hybridized carbons (Fsp3) is 0.545. The second-order valence-corrected chi connectivity index (χ2v) is 7.85. The van der Waals surface area contributed by atoms with Crippen molar-refractivity contribution in [3.63, 3.8) is 0 Å². The van der Waals surface area contributed by atoms with E-state index in [0.717, 1.165) is 44.9 Å². The molecule has 5 nitrogen and oxygen atoms in total. The standard InChI is InChI=1S/C22H33N5.HI/c1-17(2)19-9-7-18(8-10-19)6-5-12-24-22(23-3)27-13-11-20(16-27)21-14-25-26(4)15-21;/h7-10,14-15,17,20H,5-6,11-13,16H2,1-4H3,(H,23,24);1H. The van der Waals surface area contributed by atoms with Crippen molar-refractivity contribution < 1.29 is 0 Å². The van der Waals surface area contributed by atoms with Crippen molar-refractivity contribution in [1.29, 1.82) is 0 Å². The second kappa shape index (κ2) is 10.8. The van der Waals surface area contributed by atoms with E-state index in [2.05, 4.69) is 64.6 Å². The van der Waals surface area contributed by atoms with Gasteiger partial charge in [0.05, 0.1) is 6.20 Å². The molecule has 1 N–H and O–H groups in total. The minimum atomic E-state index is 0. The highest BCUT2D eigenvalue weighted by Gasteiger charge is 2.26. The van der Waals surface area contributed by atoms with Gasteiger partial charge in [0, 0.05) is 45.8 Å².